The molecule has 0 heterocycles. The molecule has 10 atom stereocenters. The van der Waals surface area contributed by atoms with Crippen LogP contribution in [-0.2, 0) is 9.59 Å². The van der Waals surface area contributed by atoms with Crippen molar-refractivity contribution in [3.8, 4) is 0 Å². The summed E-state index contributed by atoms with van der Waals surface area (Å²) < 4.78 is 0. The second-order valence-corrected chi connectivity index (χ2v) is 18.5. The average Bonchev–Trinajstić information content (AvgIpc) is 3.39. The molecule has 262 valence electrons. The molecule has 5 aliphatic rings. The zero-order chi connectivity index (χ0) is 33.5. The van der Waals surface area contributed by atoms with Gasteiger partial charge in [-0.25, -0.2) is 0 Å². The third kappa shape index (κ3) is 5.93. The van der Waals surface area contributed by atoms with Gasteiger partial charge in [-0.05, 0) is 135 Å². The van der Waals surface area contributed by atoms with Crippen LogP contribution in [0.1, 0.15) is 164 Å². The highest BCUT2D eigenvalue weighted by molar-refractivity contribution is 5.83. The lowest BCUT2D eigenvalue weighted by Gasteiger charge is -2.73. The maximum atomic E-state index is 14.3. The second kappa shape index (κ2) is 13.5. The van der Waals surface area contributed by atoms with E-state index in [0.29, 0.717) is 52.9 Å². The van der Waals surface area contributed by atoms with Crippen LogP contribution in [-0.4, -0.2) is 29.6 Å². The molecule has 1 amide bonds. The van der Waals surface area contributed by atoms with Gasteiger partial charge in [0, 0.05) is 19.0 Å². The smallest absolute Gasteiger partial charge is 0.303 e. The highest BCUT2D eigenvalue weighted by atomic mass is 16.4. The molecule has 0 aromatic carbocycles. The van der Waals surface area contributed by atoms with Crippen LogP contribution < -0.4 is 11.1 Å². The lowest BCUT2D eigenvalue weighted by Crippen LogP contribution is -2.68. The Morgan fingerprint density at radius 2 is 1.41 bits per heavy atom. The van der Waals surface area contributed by atoms with E-state index in [4.69, 9.17) is 10.8 Å². The van der Waals surface area contributed by atoms with Crippen molar-refractivity contribution in [2.75, 3.05) is 6.54 Å². The monoisotopic (exact) mass is 639 g/mol. The molecule has 5 saturated carbocycles. The number of hydrogen-bond donors (Lipinski definition) is 3. The maximum absolute atomic E-state index is 14.3. The Morgan fingerprint density at radius 3 is 2.07 bits per heavy atom. The van der Waals surface area contributed by atoms with E-state index in [2.05, 4.69) is 53.4 Å². The van der Waals surface area contributed by atoms with Crippen LogP contribution in [0.4, 0.5) is 0 Å². The second-order valence-electron chi connectivity index (χ2n) is 18.5. The van der Waals surface area contributed by atoms with Gasteiger partial charge in [-0.2, -0.15) is 0 Å². The van der Waals surface area contributed by atoms with Crippen molar-refractivity contribution in [2.24, 2.45) is 62.4 Å². The lowest BCUT2D eigenvalue weighted by molar-refractivity contribution is -0.237. The van der Waals surface area contributed by atoms with Crippen molar-refractivity contribution in [3.05, 3.63) is 12.2 Å². The average molecular weight is 639 g/mol. The molecule has 0 aliphatic heterocycles. The molecular weight excluding hydrogens is 568 g/mol. The van der Waals surface area contributed by atoms with Gasteiger partial charge < -0.3 is 16.2 Å². The number of hydrogen-bond acceptors (Lipinski definition) is 3. The van der Waals surface area contributed by atoms with Crippen LogP contribution in [0.5, 0.6) is 0 Å². The molecule has 0 radical (unpaired) electrons. The van der Waals surface area contributed by atoms with Gasteiger partial charge in [-0.1, -0.05) is 85.3 Å². The van der Waals surface area contributed by atoms with E-state index in [1.165, 1.54) is 63.4 Å². The molecule has 46 heavy (non-hydrogen) atoms. The van der Waals surface area contributed by atoms with Crippen LogP contribution in [0, 0.1) is 56.7 Å². The van der Waals surface area contributed by atoms with Gasteiger partial charge in [0.2, 0.25) is 5.91 Å². The molecule has 5 aliphatic carbocycles. The summed E-state index contributed by atoms with van der Waals surface area (Å²) in [5.74, 6) is 2.58. The third-order valence-electron chi connectivity index (χ3n) is 16.2. The van der Waals surface area contributed by atoms with Gasteiger partial charge in [0.25, 0.3) is 0 Å². The Bertz CT molecular complexity index is 1130. The van der Waals surface area contributed by atoms with E-state index in [-0.39, 0.29) is 16.2 Å². The van der Waals surface area contributed by atoms with Crippen molar-refractivity contribution in [2.45, 2.75) is 170 Å². The number of rotatable bonds is 13. The number of fused-ring (bicyclic) bond motifs is 7. The first-order valence-corrected chi connectivity index (χ1v) is 19.6. The van der Waals surface area contributed by atoms with E-state index in [1.54, 1.807) is 0 Å². The zero-order valence-electron chi connectivity index (χ0n) is 30.7. The summed E-state index contributed by atoms with van der Waals surface area (Å²) in [6.07, 6.45) is 21.0. The molecule has 1 unspecified atom stereocenters. The highest BCUT2D eigenvalue weighted by Crippen LogP contribution is 2.77. The Morgan fingerprint density at radius 1 is 0.761 bits per heavy atom. The number of allylic oxidation sites excluding steroid dienone is 1. The largest absolute Gasteiger partial charge is 0.481 e. The van der Waals surface area contributed by atoms with Crippen LogP contribution in [0.2, 0.25) is 0 Å². The number of aliphatic carboxylic acids is 1. The number of carbonyl (C=O) groups excluding carboxylic acids is 1. The molecule has 0 aromatic heterocycles. The minimum absolute atomic E-state index is 0.200. The van der Waals surface area contributed by atoms with Gasteiger partial charge in [-0.15, -0.1) is 0 Å². The first-order valence-electron chi connectivity index (χ1n) is 19.6. The normalized spacial score (nSPS) is 42.7. The van der Waals surface area contributed by atoms with E-state index in [0.717, 1.165) is 70.3 Å². The van der Waals surface area contributed by atoms with Gasteiger partial charge >= 0.3 is 5.97 Å². The molecule has 0 saturated heterocycles. The van der Waals surface area contributed by atoms with Crippen LogP contribution in [0.3, 0.4) is 0 Å². The minimum Gasteiger partial charge on any atom is -0.481 e. The third-order valence-corrected chi connectivity index (χ3v) is 16.2. The fourth-order valence-corrected chi connectivity index (χ4v) is 13.4. The standard InChI is InChI=1S/C41H70N2O3/c1-28(2)29-19-24-41(36(46)43-27-15-13-11-9-8-10-12-14-16-34(44)45)26-25-39(6)30(35(29)41)17-18-32-38(5)22-21-33(42)37(3,4)31(38)20-23-40(32,39)7/h29-33,35H,1,8-27,42H2,2-7H3,(H,43,46)(H,44,45)/t29-,30+,31-,32?,33-,35+,38-,39+,40+,41-/m0/s1. The molecule has 5 nitrogen and oxygen atoms in total. The Hall–Kier alpha value is -1.36. The summed E-state index contributed by atoms with van der Waals surface area (Å²) in [5.41, 5.74) is 8.98. The van der Waals surface area contributed by atoms with Crippen LogP contribution >= 0.6 is 0 Å². The van der Waals surface area contributed by atoms with Crippen LogP contribution in [0.25, 0.3) is 0 Å². The lowest BCUT2D eigenvalue weighted by atomic mass is 9.32. The SMILES string of the molecule is C=C(C)[C@@H]1CC[C@]2(C(=O)NCCCCCCCCCCC(=O)O)CC[C@]3(C)[C@H](CCC4[C@@]5(C)CC[C@H](N)C(C)(C)[C@@H]5CC[C@]43C)[C@@H]12. The van der Waals surface area contributed by atoms with Gasteiger partial charge in [0.15, 0.2) is 0 Å². The van der Waals surface area contributed by atoms with Crippen LogP contribution in [0.15, 0.2) is 12.2 Å². The molecule has 5 heteroatoms. The molecular formula is C41H70N2O3. The number of carbonyl (C=O) groups is 2. The predicted octanol–water partition coefficient (Wildman–Crippen LogP) is 9.68. The number of amides is 1. The quantitative estimate of drug-likeness (QED) is 0.138. The van der Waals surface area contributed by atoms with Gasteiger partial charge in [0.05, 0.1) is 5.41 Å². The summed E-state index contributed by atoms with van der Waals surface area (Å²) in [5, 5.41) is 12.3. The van der Waals surface area contributed by atoms with Crippen molar-refractivity contribution >= 4 is 11.9 Å². The first kappa shape index (κ1) is 35.9. The number of unbranched alkanes of at least 4 members (excludes halogenated alkanes) is 7. The Balaban J connectivity index is 1.24. The Kier molecular flexibility index (Phi) is 10.6. The predicted molar refractivity (Wildman–Crippen MR) is 189 cm³/mol. The fraction of sp³-hybridized carbons (Fsp3) is 0.902. The van der Waals surface area contributed by atoms with Crippen molar-refractivity contribution in [1.29, 1.82) is 0 Å². The van der Waals surface area contributed by atoms with E-state index in [9.17, 15) is 9.59 Å². The number of nitrogens with two attached hydrogens (primary N) is 1. The van der Waals surface area contributed by atoms with E-state index in [1.807, 2.05) is 0 Å². The first-order chi connectivity index (χ1) is 21.6. The number of nitrogens with one attached hydrogen (secondary N) is 1. The van der Waals surface area contributed by atoms with Gasteiger partial charge in [0.1, 0.15) is 0 Å². The maximum Gasteiger partial charge on any atom is 0.303 e. The fourth-order valence-electron chi connectivity index (χ4n) is 13.4. The van der Waals surface area contributed by atoms with Crippen molar-refractivity contribution < 1.29 is 14.7 Å². The minimum atomic E-state index is -0.685. The molecule has 0 bridgehead atoms. The Labute approximate surface area is 282 Å². The summed E-state index contributed by atoms with van der Waals surface area (Å²) in [6, 6.07) is 0.312. The molecule has 0 aromatic rings. The van der Waals surface area contributed by atoms with E-state index < -0.39 is 5.97 Å². The summed E-state index contributed by atoms with van der Waals surface area (Å²) in [7, 11) is 0. The van der Waals surface area contributed by atoms with E-state index >= 15 is 0 Å². The summed E-state index contributed by atoms with van der Waals surface area (Å²) >= 11 is 0. The number of carboxylic acid groups (broad SMARTS) is 1. The number of carboxylic acids is 1. The zero-order valence-corrected chi connectivity index (χ0v) is 30.7. The topological polar surface area (TPSA) is 92.4 Å². The van der Waals surface area contributed by atoms with Crippen molar-refractivity contribution in [3.63, 3.8) is 0 Å². The molecule has 5 fully saturated rings. The molecule has 4 N–H and O–H groups in total. The van der Waals surface area contributed by atoms with Gasteiger partial charge in [-0.3, -0.25) is 9.59 Å². The highest BCUT2D eigenvalue weighted by Gasteiger charge is 2.71. The summed E-state index contributed by atoms with van der Waals surface area (Å²) in [4.78, 5) is 25.0. The molecule has 0 spiro atoms. The van der Waals surface area contributed by atoms with Crippen molar-refractivity contribution in [1.82, 2.24) is 5.32 Å². The molecule has 5 rings (SSSR count). The summed E-state index contributed by atoms with van der Waals surface area (Å²) in [6.45, 7) is 20.5.